The van der Waals surface area contributed by atoms with Crippen LogP contribution in [0.15, 0.2) is 12.3 Å². The Morgan fingerprint density at radius 1 is 1.52 bits per heavy atom. The van der Waals surface area contributed by atoms with Crippen molar-refractivity contribution in [3.8, 4) is 0 Å². The van der Waals surface area contributed by atoms with Gasteiger partial charge >= 0.3 is 0 Å². The molecule has 0 unspecified atom stereocenters. The fraction of sp³-hybridized carbons (Fsp3) is 0.385. The van der Waals surface area contributed by atoms with E-state index in [1.807, 2.05) is 6.92 Å². The lowest BCUT2D eigenvalue weighted by atomic mass is 10.3. The van der Waals surface area contributed by atoms with Crippen LogP contribution < -0.4 is 5.32 Å². The normalized spacial score (nSPS) is 10.6. The summed E-state index contributed by atoms with van der Waals surface area (Å²) in [6, 6.07) is 1.29. The molecule has 2 N–H and O–H groups in total. The number of carbonyl (C=O) groups is 1. The quantitative estimate of drug-likeness (QED) is 0.651. The van der Waals surface area contributed by atoms with Crippen molar-refractivity contribution in [1.29, 1.82) is 0 Å². The molecule has 0 saturated heterocycles. The third-order valence-electron chi connectivity index (χ3n) is 3.16. The summed E-state index contributed by atoms with van der Waals surface area (Å²) in [6.07, 6.45) is 2.16. The van der Waals surface area contributed by atoms with Crippen molar-refractivity contribution in [2.45, 2.75) is 33.7 Å². The molecule has 2 aromatic heterocycles. The SMILES string of the molecule is CCCn1cc([N+](=O)[O-])cc1C(=O)Nc1c(C)n[nH]c1C. The molecule has 0 aliphatic carbocycles. The number of anilines is 1. The van der Waals surface area contributed by atoms with Crippen LogP contribution in [0.3, 0.4) is 0 Å². The Morgan fingerprint density at radius 3 is 2.76 bits per heavy atom. The molecule has 0 fully saturated rings. The number of nitrogens with one attached hydrogen (secondary N) is 2. The monoisotopic (exact) mass is 291 g/mol. The second-order valence-corrected chi connectivity index (χ2v) is 4.80. The minimum Gasteiger partial charge on any atom is -0.337 e. The van der Waals surface area contributed by atoms with Gasteiger partial charge in [-0.2, -0.15) is 5.10 Å². The Hall–Kier alpha value is -2.64. The third-order valence-corrected chi connectivity index (χ3v) is 3.16. The van der Waals surface area contributed by atoms with Gasteiger partial charge in [-0.3, -0.25) is 20.0 Å². The van der Waals surface area contributed by atoms with Gasteiger partial charge in [-0.15, -0.1) is 0 Å². The molecule has 0 radical (unpaired) electrons. The summed E-state index contributed by atoms with van der Waals surface area (Å²) < 4.78 is 1.60. The van der Waals surface area contributed by atoms with E-state index in [0.29, 0.717) is 17.9 Å². The molecule has 21 heavy (non-hydrogen) atoms. The van der Waals surface area contributed by atoms with Gasteiger partial charge in [0.15, 0.2) is 0 Å². The van der Waals surface area contributed by atoms with Crippen molar-refractivity contribution in [3.63, 3.8) is 0 Å². The maximum Gasteiger partial charge on any atom is 0.287 e. The highest BCUT2D eigenvalue weighted by Gasteiger charge is 2.20. The van der Waals surface area contributed by atoms with Gasteiger partial charge < -0.3 is 9.88 Å². The summed E-state index contributed by atoms with van der Waals surface area (Å²) in [7, 11) is 0. The Kier molecular flexibility index (Phi) is 4.06. The molecule has 8 nitrogen and oxygen atoms in total. The molecule has 0 bridgehead atoms. The number of carbonyl (C=O) groups excluding carboxylic acids is 1. The maximum absolute atomic E-state index is 12.4. The van der Waals surface area contributed by atoms with Crippen LogP contribution in [0, 0.1) is 24.0 Å². The van der Waals surface area contributed by atoms with Crippen LogP contribution in [0.4, 0.5) is 11.4 Å². The van der Waals surface area contributed by atoms with Crippen molar-refractivity contribution < 1.29 is 9.72 Å². The first-order chi connectivity index (χ1) is 9.93. The summed E-state index contributed by atoms with van der Waals surface area (Å²) in [5, 5.41) is 20.4. The Bertz CT molecular complexity index is 667. The number of nitro groups is 1. The molecular formula is C13H17N5O3. The first-order valence-electron chi connectivity index (χ1n) is 6.61. The van der Waals surface area contributed by atoms with Crippen LogP contribution >= 0.6 is 0 Å². The number of hydrogen-bond acceptors (Lipinski definition) is 4. The van der Waals surface area contributed by atoms with Crippen LogP contribution in [-0.4, -0.2) is 25.6 Å². The van der Waals surface area contributed by atoms with Crippen molar-refractivity contribution >= 4 is 17.3 Å². The van der Waals surface area contributed by atoms with Gasteiger partial charge in [0, 0.05) is 12.6 Å². The molecule has 0 aliphatic heterocycles. The summed E-state index contributed by atoms with van der Waals surface area (Å²) in [4.78, 5) is 22.7. The average molecular weight is 291 g/mol. The summed E-state index contributed by atoms with van der Waals surface area (Å²) in [6.45, 7) is 6.05. The van der Waals surface area contributed by atoms with Crippen LogP contribution in [0.5, 0.6) is 0 Å². The Morgan fingerprint density at radius 2 is 2.24 bits per heavy atom. The molecule has 0 atom stereocenters. The lowest BCUT2D eigenvalue weighted by molar-refractivity contribution is -0.384. The van der Waals surface area contributed by atoms with Gasteiger partial charge in [0.05, 0.1) is 28.2 Å². The Labute approximate surface area is 121 Å². The third kappa shape index (κ3) is 2.93. The maximum atomic E-state index is 12.4. The number of aryl methyl sites for hydroxylation is 3. The van der Waals surface area contributed by atoms with Crippen molar-refractivity contribution in [2.75, 3.05) is 5.32 Å². The van der Waals surface area contributed by atoms with E-state index in [4.69, 9.17) is 0 Å². The first kappa shape index (κ1) is 14.8. The van der Waals surface area contributed by atoms with E-state index in [0.717, 1.165) is 12.1 Å². The van der Waals surface area contributed by atoms with Crippen molar-refractivity contribution in [2.24, 2.45) is 0 Å². The van der Waals surface area contributed by atoms with Crippen LogP contribution in [-0.2, 0) is 6.54 Å². The Balaban J connectivity index is 2.32. The van der Waals surface area contributed by atoms with Gasteiger partial charge in [0.2, 0.25) is 0 Å². The molecule has 112 valence electrons. The predicted molar refractivity (Wildman–Crippen MR) is 77.4 cm³/mol. The lowest BCUT2D eigenvalue weighted by Crippen LogP contribution is -2.17. The van der Waals surface area contributed by atoms with E-state index in [1.54, 1.807) is 18.4 Å². The molecule has 8 heteroatoms. The van der Waals surface area contributed by atoms with Crippen molar-refractivity contribution in [3.05, 3.63) is 39.5 Å². The molecule has 0 aliphatic rings. The van der Waals surface area contributed by atoms with E-state index in [-0.39, 0.29) is 17.3 Å². The van der Waals surface area contributed by atoms with Gasteiger partial charge in [-0.1, -0.05) is 6.92 Å². The van der Waals surface area contributed by atoms with Crippen LogP contribution in [0.2, 0.25) is 0 Å². The smallest absolute Gasteiger partial charge is 0.287 e. The highest BCUT2D eigenvalue weighted by molar-refractivity contribution is 6.04. The number of hydrogen-bond donors (Lipinski definition) is 2. The van der Waals surface area contributed by atoms with Crippen LogP contribution in [0.1, 0.15) is 35.2 Å². The number of aromatic nitrogens is 3. The van der Waals surface area contributed by atoms with E-state index < -0.39 is 4.92 Å². The zero-order valence-electron chi connectivity index (χ0n) is 12.1. The van der Waals surface area contributed by atoms with Gasteiger partial charge in [0.1, 0.15) is 5.69 Å². The molecule has 2 rings (SSSR count). The number of amides is 1. The largest absolute Gasteiger partial charge is 0.337 e. The summed E-state index contributed by atoms with van der Waals surface area (Å²) in [5.74, 6) is -0.385. The lowest BCUT2D eigenvalue weighted by Gasteiger charge is -2.08. The number of nitrogens with zero attached hydrogens (tertiary/aromatic N) is 3. The highest BCUT2D eigenvalue weighted by atomic mass is 16.6. The molecule has 0 saturated carbocycles. The molecular weight excluding hydrogens is 274 g/mol. The highest BCUT2D eigenvalue weighted by Crippen LogP contribution is 2.21. The molecule has 0 aromatic carbocycles. The second kappa shape index (κ2) is 5.78. The minimum atomic E-state index is -0.503. The second-order valence-electron chi connectivity index (χ2n) is 4.80. The molecule has 0 spiro atoms. The summed E-state index contributed by atoms with van der Waals surface area (Å²) in [5.41, 5.74) is 2.19. The van der Waals surface area contributed by atoms with Gasteiger partial charge in [-0.05, 0) is 20.3 Å². The van der Waals surface area contributed by atoms with Crippen LogP contribution in [0.25, 0.3) is 0 Å². The van der Waals surface area contributed by atoms with E-state index in [1.165, 1.54) is 12.3 Å². The molecule has 2 heterocycles. The van der Waals surface area contributed by atoms with Gasteiger partial charge in [-0.25, -0.2) is 0 Å². The van der Waals surface area contributed by atoms with E-state index >= 15 is 0 Å². The van der Waals surface area contributed by atoms with E-state index in [9.17, 15) is 14.9 Å². The summed E-state index contributed by atoms with van der Waals surface area (Å²) >= 11 is 0. The zero-order valence-corrected chi connectivity index (χ0v) is 12.1. The predicted octanol–water partition coefficient (Wildman–Crippen LogP) is 2.40. The zero-order chi connectivity index (χ0) is 15.6. The van der Waals surface area contributed by atoms with Gasteiger partial charge in [0.25, 0.3) is 11.6 Å². The number of H-pyrrole nitrogens is 1. The molecule has 2 aromatic rings. The average Bonchev–Trinajstić information content (AvgIpc) is 2.98. The minimum absolute atomic E-state index is 0.0887. The number of rotatable bonds is 5. The van der Waals surface area contributed by atoms with E-state index in [2.05, 4.69) is 15.5 Å². The fourth-order valence-corrected chi connectivity index (χ4v) is 2.12. The fourth-order valence-electron chi connectivity index (χ4n) is 2.12. The number of aromatic amines is 1. The first-order valence-corrected chi connectivity index (χ1v) is 6.61. The van der Waals surface area contributed by atoms with Crippen molar-refractivity contribution in [1.82, 2.24) is 14.8 Å². The standard InChI is InChI=1S/C13H17N5O3/c1-4-5-17-7-10(18(20)21)6-11(17)13(19)14-12-8(2)15-16-9(12)3/h6-7H,4-5H2,1-3H3,(H,14,19)(H,15,16). The molecule has 1 amide bonds. The topological polar surface area (TPSA) is 106 Å².